The summed E-state index contributed by atoms with van der Waals surface area (Å²) in [7, 11) is 0. The van der Waals surface area contributed by atoms with E-state index < -0.39 is 5.97 Å². The number of unbranched alkanes of at least 4 members (excludes halogenated alkanes) is 27. The maximum Gasteiger partial charge on any atom is 0.335 e. The van der Waals surface area contributed by atoms with Gasteiger partial charge in [0.1, 0.15) is 0 Å². The van der Waals surface area contributed by atoms with Crippen LogP contribution in [0.4, 0.5) is 0 Å². The summed E-state index contributed by atoms with van der Waals surface area (Å²) < 4.78 is 19.6. The van der Waals surface area contributed by atoms with Gasteiger partial charge < -0.3 is 19.3 Å². The molecule has 0 unspecified atom stereocenters. The van der Waals surface area contributed by atoms with Crippen LogP contribution in [0.1, 0.15) is 224 Å². The fraction of sp³-hybridized carbons (Fsp3) is 0.735. The van der Waals surface area contributed by atoms with Crippen molar-refractivity contribution in [3.8, 4) is 28.4 Å². The van der Waals surface area contributed by atoms with E-state index in [9.17, 15) is 9.90 Å². The van der Waals surface area contributed by atoms with Crippen LogP contribution in [0.5, 0.6) is 17.2 Å². The van der Waals surface area contributed by atoms with E-state index in [-0.39, 0.29) is 5.56 Å². The van der Waals surface area contributed by atoms with Gasteiger partial charge in [-0.3, -0.25) is 0 Å². The molecule has 5 heteroatoms. The summed E-state index contributed by atoms with van der Waals surface area (Å²) in [5.41, 5.74) is 2.17. The highest BCUT2D eigenvalue weighted by Crippen LogP contribution is 2.42. The summed E-state index contributed by atoms with van der Waals surface area (Å²) >= 11 is 0. The second-order valence-electron chi connectivity index (χ2n) is 15.8. The van der Waals surface area contributed by atoms with E-state index in [1.165, 1.54) is 173 Å². The maximum atomic E-state index is 11.6. The zero-order chi connectivity index (χ0) is 38.7. The van der Waals surface area contributed by atoms with Crippen LogP contribution in [-0.2, 0) is 0 Å². The highest BCUT2D eigenvalue weighted by molar-refractivity contribution is 5.88. The van der Waals surface area contributed by atoms with Crippen molar-refractivity contribution in [3.05, 3.63) is 42.0 Å². The van der Waals surface area contributed by atoms with Crippen LogP contribution in [0, 0.1) is 0 Å². The lowest BCUT2D eigenvalue weighted by Gasteiger charge is -2.19. The van der Waals surface area contributed by atoms with E-state index in [2.05, 4.69) is 32.9 Å². The van der Waals surface area contributed by atoms with Gasteiger partial charge >= 0.3 is 5.97 Å². The Balaban J connectivity index is 2.05. The molecule has 0 radical (unpaired) electrons. The molecule has 0 saturated carbocycles. The minimum Gasteiger partial charge on any atom is -0.490 e. The molecule has 0 spiro atoms. The minimum absolute atomic E-state index is 0.282. The molecule has 0 aliphatic heterocycles. The fourth-order valence-corrected chi connectivity index (χ4v) is 7.21. The topological polar surface area (TPSA) is 65.0 Å². The van der Waals surface area contributed by atoms with Crippen LogP contribution in [-0.4, -0.2) is 30.9 Å². The van der Waals surface area contributed by atoms with E-state index in [1.54, 1.807) is 12.1 Å². The average molecular weight is 751 g/mol. The van der Waals surface area contributed by atoms with Crippen LogP contribution < -0.4 is 14.2 Å². The quantitative estimate of drug-likeness (QED) is 0.0692. The largest absolute Gasteiger partial charge is 0.490 e. The molecule has 1 N–H and O–H groups in total. The summed E-state index contributed by atoms with van der Waals surface area (Å²) in [6, 6.07) is 11.2. The Labute approximate surface area is 332 Å². The standard InChI is InChI=1S/C49H82O5/c1-4-7-10-13-16-19-22-25-28-31-38-52-46-41-45(43-34-36-44(37-35-43)49(50)51)42-47(53-39-32-29-26-23-20-17-14-11-8-5-2)48(46)54-40-33-30-27-24-21-18-15-12-9-6-3/h34-37,41-42H,4-33,38-40H2,1-3H3,(H,50,51). The molecule has 0 bridgehead atoms. The van der Waals surface area contributed by atoms with Crippen molar-refractivity contribution in [3.63, 3.8) is 0 Å². The Kier molecular flexibility index (Phi) is 29.6. The normalized spacial score (nSPS) is 11.2. The van der Waals surface area contributed by atoms with E-state index >= 15 is 0 Å². The highest BCUT2D eigenvalue weighted by Gasteiger charge is 2.17. The first-order chi connectivity index (χ1) is 26.6. The molecule has 2 aromatic rings. The third-order valence-corrected chi connectivity index (χ3v) is 10.7. The first kappa shape index (κ1) is 47.5. The molecule has 0 aliphatic rings. The number of rotatable bonds is 38. The number of benzene rings is 2. The number of hydrogen-bond acceptors (Lipinski definition) is 4. The lowest BCUT2D eigenvalue weighted by atomic mass is 10.0. The Hall–Kier alpha value is -2.69. The van der Waals surface area contributed by atoms with Crippen LogP contribution in [0.2, 0.25) is 0 Å². The van der Waals surface area contributed by atoms with Gasteiger partial charge in [-0.2, -0.15) is 0 Å². The Morgan fingerprint density at radius 2 is 0.704 bits per heavy atom. The van der Waals surface area contributed by atoms with Crippen LogP contribution in [0.3, 0.4) is 0 Å². The predicted molar refractivity (Wildman–Crippen MR) is 231 cm³/mol. The molecule has 2 rings (SSSR count). The molecule has 0 saturated heterocycles. The van der Waals surface area contributed by atoms with Gasteiger partial charge in [-0.1, -0.05) is 206 Å². The molecule has 0 amide bonds. The predicted octanol–water partition coefficient (Wildman–Crippen LogP) is 16.0. The lowest BCUT2D eigenvalue weighted by molar-refractivity contribution is 0.0697. The van der Waals surface area contributed by atoms with Gasteiger partial charge in [0.25, 0.3) is 0 Å². The molecular weight excluding hydrogens is 669 g/mol. The molecule has 0 heterocycles. The summed E-state index contributed by atoms with van der Waals surface area (Å²) in [5.74, 6) is 1.26. The number of hydrogen-bond donors (Lipinski definition) is 1. The minimum atomic E-state index is -0.918. The Bertz CT molecular complexity index is 1110. The zero-order valence-electron chi connectivity index (χ0n) is 35.4. The van der Waals surface area contributed by atoms with Gasteiger partial charge in [-0.25, -0.2) is 4.79 Å². The van der Waals surface area contributed by atoms with Crippen molar-refractivity contribution in [2.24, 2.45) is 0 Å². The molecule has 2 aromatic carbocycles. The van der Waals surface area contributed by atoms with Gasteiger partial charge in [0.05, 0.1) is 25.4 Å². The number of carbonyl (C=O) groups is 1. The molecule has 0 fully saturated rings. The number of carboxylic acid groups (broad SMARTS) is 1. The van der Waals surface area contributed by atoms with E-state index in [4.69, 9.17) is 14.2 Å². The molecular formula is C49H82O5. The SMILES string of the molecule is CCCCCCCCCCCCOc1cc(-c2ccc(C(=O)O)cc2)cc(OCCCCCCCCCCCC)c1OCCCCCCCCCCCC. The lowest BCUT2D eigenvalue weighted by Crippen LogP contribution is -2.07. The van der Waals surface area contributed by atoms with E-state index in [0.717, 1.165) is 47.6 Å². The van der Waals surface area contributed by atoms with Gasteiger partial charge in [-0.15, -0.1) is 0 Å². The van der Waals surface area contributed by atoms with Gasteiger partial charge in [0.15, 0.2) is 11.5 Å². The summed E-state index contributed by atoms with van der Waals surface area (Å²) in [5, 5.41) is 9.48. The maximum absolute atomic E-state index is 11.6. The average Bonchev–Trinajstić information content (AvgIpc) is 3.18. The molecule has 54 heavy (non-hydrogen) atoms. The van der Waals surface area contributed by atoms with E-state index in [1.807, 2.05) is 12.1 Å². The zero-order valence-corrected chi connectivity index (χ0v) is 35.4. The number of aromatic carboxylic acids is 1. The highest BCUT2D eigenvalue weighted by atomic mass is 16.5. The Morgan fingerprint density at radius 3 is 1.02 bits per heavy atom. The van der Waals surface area contributed by atoms with E-state index in [0.29, 0.717) is 19.8 Å². The van der Waals surface area contributed by atoms with Crippen molar-refractivity contribution in [1.29, 1.82) is 0 Å². The van der Waals surface area contributed by atoms with Crippen molar-refractivity contribution in [1.82, 2.24) is 0 Å². The van der Waals surface area contributed by atoms with Crippen molar-refractivity contribution >= 4 is 5.97 Å². The van der Waals surface area contributed by atoms with Gasteiger partial charge in [0, 0.05) is 0 Å². The third-order valence-electron chi connectivity index (χ3n) is 10.7. The third kappa shape index (κ3) is 23.3. The van der Waals surface area contributed by atoms with Crippen molar-refractivity contribution in [2.45, 2.75) is 213 Å². The monoisotopic (exact) mass is 751 g/mol. The molecule has 0 atom stereocenters. The second-order valence-corrected chi connectivity index (χ2v) is 15.8. The first-order valence-electron chi connectivity index (χ1n) is 23.0. The first-order valence-corrected chi connectivity index (χ1v) is 23.0. The summed E-state index contributed by atoms with van der Waals surface area (Å²) in [6.07, 6.45) is 38.6. The summed E-state index contributed by atoms with van der Waals surface area (Å²) in [6.45, 7) is 8.76. The van der Waals surface area contributed by atoms with Crippen LogP contribution in [0.25, 0.3) is 11.1 Å². The smallest absolute Gasteiger partial charge is 0.335 e. The van der Waals surface area contributed by atoms with Crippen LogP contribution in [0.15, 0.2) is 36.4 Å². The van der Waals surface area contributed by atoms with Crippen molar-refractivity contribution < 1.29 is 24.1 Å². The Morgan fingerprint density at radius 1 is 0.407 bits per heavy atom. The number of carboxylic acids is 1. The van der Waals surface area contributed by atoms with Crippen molar-refractivity contribution in [2.75, 3.05) is 19.8 Å². The molecule has 0 aliphatic carbocycles. The molecule has 0 aromatic heterocycles. The van der Waals surface area contributed by atoms with Crippen LogP contribution >= 0.6 is 0 Å². The second kappa shape index (κ2) is 33.6. The number of ether oxygens (including phenoxy) is 3. The van der Waals surface area contributed by atoms with Gasteiger partial charge in [0.2, 0.25) is 5.75 Å². The summed E-state index contributed by atoms with van der Waals surface area (Å²) in [4.78, 5) is 11.6. The molecule has 308 valence electrons. The fourth-order valence-electron chi connectivity index (χ4n) is 7.21. The van der Waals surface area contributed by atoms with Gasteiger partial charge in [-0.05, 0) is 54.7 Å². The molecule has 5 nitrogen and oxygen atoms in total.